The molecule has 0 aliphatic heterocycles. The third-order valence-corrected chi connectivity index (χ3v) is 3.11. The van der Waals surface area contributed by atoms with Crippen LogP contribution in [0.2, 0.25) is 0 Å². The van der Waals surface area contributed by atoms with Crippen molar-refractivity contribution in [1.29, 1.82) is 0 Å². The van der Waals surface area contributed by atoms with Crippen LogP contribution in [0.15, 0.2) is 58.6 Å². The summed E-state index contributed by atoms with van der Waals surface area (Å²) in [6.45, 7) is 0. The van der Waals surface area contributed by atoms with Gasteiger partial charge in [-0.05, 0) is 24.4 Å². The topological polar surface area (TPSA) is 30.2 Å². The first kappa shape index (κ1) is 11.1. The first-order valence-corrected chi connectivity index (χ1v) is 5.96. The molecule has 0 saturated carbocycles. The number of allylic oxidation sites excluding steroid dienone is 4. The van der Waals surface area contributed by atoms with Crippen molar-refractivity contribution in [1.82, 2.24) is 0 Å². The van der Waals surface area contributed by atoms with E-state index in [1.54, 1.807) is 18.2 Å². The molecular weight excluding hydrogens is 244 g/mol. The summed E-state index contributed by atoms with van der Waals surface area (Å²) in [5.41, 5.74) is 1.77. The van der Waals surface area contributed by atoms with Gasteiger partial charge in [0.05, 0.1) is 5.56 Å². The lowest BCUT2D eigenvalue weighted by Gasteiger charge is -2.02. The van der Waals surface area contributed by atoms with E-state index in [1.165, 1.54) is 0 Å². The molecule has 0 spiro atoms. The highest BCUT2D eigenvalue weighted by atomic mass is 32.1. The van der Waals surface area contributed by atoms with Crippen LogP contribution in [0.4, 0.5) is 0 Å². The molecule has 0 saturated heterocycles. The van der Waals surface area contributed by atoms with Crippen LogP contribution in [0.3, 0.4) is 0 Å². The van der Waals surface area contributed by atoms with Crippen molar-refractivity contribution in [2.24, 2.45) is 0 Å². The smallest absolute Gasteiger partial charge is 0.202 e. The number of Topliss-reactive ketones (excluding diaryl/α,β-unsaturated/α-hetero) is 1. The second-order valence-electron chi connectivity index (χ2n) is 3.99. The summed E-state index contributed by atoms with van der Waals surface area (Å²) in [4.78, 5) is 12.2. The predicted octanol–water partition coefficient (Wildman–Crippen LogP) is 4.05. The summed E-state index contributed by atoms with van der Waals surface area (Å²) in [6, 6.07) is 9.30. The highest BCUT2D eigenvalue weighted by Crippen LogP contribution is 2.21. The molecule has 0 fully saturated rings. The Bertz CT molecular complexity index is 750. The van der Waals surface area contributed by atoms with Crippen molar-refractivity contribution in [3.8, 4) is 0 Å². The third-order valence-electron chi connectivity index (χ3n) is 2.81. The number of ketones is 1. The summed E-state index contributed by atoms with van der Waals surface area (Å²) in [7, 11) is 0. The Kier molecular flexibility index (Phi) is 2.68. The van der Waals surface area contributed by atoms with Gasteiger partial charge in [0.15, 0.2) is 5.78 Å². The van der Waals surface area contributed by atoms with E-state index in [0.717, 1.165) is 5.39 Å². The maximum atomic E-state index is 12.2. The van der Waals surface area contributed by atoms with E-state index in [4.69, 9.17) is 16.6 Å². The van der Waals surface area contributed by atoms with Crippen LogP contribution in [0, 0.1) is 11.1 Å². The molecule has 3 heteroatoms. The number of benzene rings is 1. The molecule has 1 aliphatic rings. The highest BCUT2D eigenvalue weighted by Gasteiger charge is 2.15. The van der Waals surface area contributed by atoms with Crippen molar-refractivity contribution in [3.05, 3.63) is 70.8 Å². The zero-order valence-electron chi connectivity index (χ0n) is 9.42. The molecule has 1 heterocycles. The number of rotatable bonds is 2. The number of hydrogen-bond acceptors (Lipinski definition) is 3. The van der Waals surface area contributed by atoms with Crippen LogP contribution in [-0.2, 0) is 0 Å². The first-order valence-electron chi connectivity index (χ1n) is 5.55. The van der Waals surface area contributed by atoms with E-state index in [9.17, 15) is 4.79 Å². The Labute approximate surface area is 109 Å². The third kappa shape index (κ3) is 1.83. The SMILES string of the molecule is O=C(C1=C[CH]C=C1)c1cc2ccccc2oc1=S. The standard InChI is InChI=1S/C15H9O2S/c16-14(10-5-1-2-6-10)12-9-11-7-3-4-8-13(11)17-15(12)18/h1-9H. The maximum absolute atomic E-state index is 12.2. The van der Waals surface area contributed by atoms with Gasteiger partial charge in [-0.15, -0.1) is 0 Å². The number of carbonyl (C=O) groups excluding carboxylic acids is 1. The number of carbonyl (C=O) groups is 1. The van der Waals surface area contributed by atoms with E-state index >= 15 is 0 Å². The van der Waals surface area contributed by atoms with Gasteiger partial charge < -0.3 is 4.42 Å². The van der Waals surface area contributed by atoms with Gasteiger partial charge in [0, 0.05) is 17.4 Å². The van der Waals surface area contributed by atoms with Crippen molar-refractivity contribution in [3.63, 3.8) is 0 Å². The molecule has 18 heavy (non-hydrogen) atoms. The molecule has 1 aromatic carbocycles. The lowest BCUT2D eigenvalue weighted by molar-refractivity contribution is 0.103. The zero-order valence-corrected chi connectivity index (χ0v) is 10.2. The summed E-state index contributed by atoms with van der Waals surface area (Å²) >= 11 is 5.14. The van der Waals surface area contributed by atoms with Crippen molar-refractivity contribution >= 4 is 29.0 Å². The van der Waals surface area contributed by atoms with E-state index in [-0.39, 0.29) is 10.5 Å². The molecule has 0 atom stereocenters. The Hall–Kier alpha value is -2.00. The van der Waals surface area contributed by atoms with Gasteiger partial charge in [-0.3, -0.25) is 4.79 Å². The van der Waals surface area contributed by atoms with Gasteiger partial charge in [0.2, 0.25) is 4.71 Å². The van der Waals surface area contributed by atoms with Crippen LogP contribution in [0.5, 0.6) is 0 Å². The molecule has 0 unspecified atom stereocenters. The monoisotopic (exact) mass is 253 g/mol. The molecule has 1 aliphatic carbocycles. The maximum Gasteiger partial charge on any atom is 0.202 e. The number of fused-ring (bicyclic) bond motifs is 1. The number of para-hydroxylation sites is 1. The lowest BCUT2D eigenvalue weighted by Crippen LogP contribution is -2.01. The van der Waals surface area contributed by atoms with E-state index in [2.05, 4.69) is 0 Å². The molecule has 0 N–H and O–H groups in total. The summed E-state index contributed by atoms with van der Waals surface area (Å²) in [6.07, 6.45) is 7.20. The normalized spacial score (nSPS) is 13.9. The summed E-state index contributed by atoms with van der Waals surface area (Å²) in [5, 5.41) is 0.876. The average molecular weight is 253 g/mol. The second kappa shape index (κ2) is 4.35. The molecular formula is C15H9O2S. The molecule has 1 aromatic heterocycles. The Morgan fingerprint density at radius 2 is 2.06 bits per heavy atom. The minimum atomic E-state index is -0.0977. The molecule has 2 aromatic rings. The Morgan fingerprint density at radius 3 is 2.83 bits per heavy atom. The van der Waals surface area contributed by atoms with Gasteiger partial charge in [-0.2, -0.15) is 0 Å². The molecule has 2 nitrogen and oxygen atoms in total. The van der Waals surface area contributed by atoms with Crippen LogP contribution < -0.4 is 0 Å². The highest BCUT2D eigenvalue weighted by molar-refractivity contribution is 7.71. The summed E-state index contributed by atoms with van der Waals surface area (Å²) < 4.78 is 5.74. The molecule has 0 amide bonds. The fourth-order valence-corrected chi connectivity index (χ4v) is 2.14. The molecule has 0 bridgehead atoms. The predicted molar refractivity (Wildman–Crippen MR) is 72.9 cm³/mol. The molecule has 3 rings (SSSR count). The minimum Gasteiger partial charge on any atom is -0.444 e. The Morgan fingerprint density at radius 1 is 1.22 bits per heavy atom. The molecule has 87 valence electrons. The van der Waals surface area contributed by atoms with Gasteiger partial charge in [-0.25, -0.2) is 0 Å². The van der Waals surface area contributed by atoms with E-state index in [1.807, 2.05) is 36.8 Å². The quantitative estimate of drug-likeness (QED) is 0.597. The average Bonchev–Trinajstić information content (AvgIpc) is 2.91. The van der Waals surface area contributed by atoms with Crippen molar-refractivity contribution < 1.29 is 9.21 Å². The second-order valence-corrected chi connectivity index (χ2v) is 4.36. The van der Waals surface area contributed by atoms with Crippen molar-refractivity contribution in [2.45, 2.75) is 0 Å². The van der Waals surface area contributed by atoms with E-state index < -0.39 is 0 Å². The first-order chi connectivity index (χ1) is 8.75. The fourth-order valence-electron chi connectivity index (χ4n) is 1.90. The fraction of sp³-hybridized carbons (Fsp3) is 0. The van der Waals surface area contributed by atoms with Crippen LogP contribution in [-0.4, -0.2) is 5.78 Å². The van der Waals surface area contributed by atoms with Gasteiger partial charge in [0.25, 0.3) is 0 Å². The summed E-state index contributed by atoms with van der Waals surface area (Å²) in [5.74, 6) is -0.0977. The molecule has 1 radical (unpaired) electrons. The van der Waals surface area contributed by atoms with Crippen molar-refractivity contribution in [2.75, 3.05) is 0 Å². The Balaban J connectivity index is 2.17. The van der Waals surface area contributed by atoms with E-state index in [0.29, 0.717) is 16.7 Å². The minimum absolute atomic E-state index is 0.0977. The van der Waals surface area contributed by atoms with Crippen LogP contribution >= 0.6 is 12.2 Å². The zero-order chi connectivity index (χ0) is 12.5. The van der Waals surface area contributed by atoms with Crippen LogP contribution in [0.1, 0.15) is 10.4 Å². The number of hydrogen-bond donors (Lipinski definition) is 0. The van der Waals surface area contributed by atoms with Gasteiger partial charge in [0.1, 0.15) is 5.58 Å². The largest absolute Gasteiger partial charge is 0.444 e. The van der Waals surface area contributed by atoms with Crippen LogP contribution in [0.25, 0.3) is 11.0 Å². The van der Waals surface area contributed by atoms with Gasteiger partial charge in [-0.1, -0.05) is 36.4 Å². The lowest BCUT2D eigenvalue weighted by atomic mass is 10.1. The van der Waals surface area contributed by atoms with Gasteiger partial charge >= 0.3 is 0 Å².